The molecule has 4 rings (SSSR count). The molecule has 162 valence electrons. The fraction of sp³-hybridized carbons (Fsp3) is 0.125. The van der Waals surface area contributed by atoms with E-state index in [-0.39, 0.29) is 11.0 Å². The molecule has 4 aromatic rings. The lowest BCUT2D eigenvalue weighted by Crippen LogP contribution is -2.34. The van der Waals surface area contributed by atoms with Gasteiger partial charge in [-0.05, 0) is 72.2 Å². The summed E-state index contributed by atoms with van der Waals surface area (Å²) < 4.78 is 5.86. The second-order valence-electron chi connectivity index (χ2n) is 7.17. The quantitative estimate of drug-likeness (QED) is 0.320. The summed E-state index contributed by atoms with van der Waals surface area (Å²) >= 11 is 17.1. The number of aromatic nitrogens is 1. The van der Waals surface area contributed by atoms with Crippen molar-refractivity contribution in [1.29, 1.82) is 0 Å². The Bertz CT molecular complexity index is 1300. The van der Waals surface area contributed by atoms with Crippen LogP contribution < -0.4 is 10.6 Å². The predicted molar refractivity (Wildman–Crippen MR) is 133 cm³/mol. The van der Waals surface area contributed by atoms with Crippen molar-refractivity contribution < 1.29 is 9.21 Å². The van der Waals surface area contributed by atoms with Gasteiger partial charge >= 0.3 is 0 Å². The molecule has 0 aliphatic heterocycles. The fourth-order valence-corrected chi connectivity index (χ4v) is 3.68. The van der Waals surface area contributed by atoms with E-state index in [1.54, 1.807) is 12.1 Å². The number of oxazole rings is 1. The third-order valence-corrected chi connectivity index (χ3v) is 5.82. The van der Waals surface area contributed by atoms with Gasteiger partial charge in [-0.15, -0.1) is 0 Å². The van der Waals surface area contributed by atoms with Crippen LogP contribution in [0.1, 0.15) is 34.3 Å². The Morgan fingerprint density at radius 2 is 1.75 bits per heavy atom. The number of hydrogen-bond acceptors (Lipinski definition) is 4. The third-order valence-electron chi connectivity index (χ3n) is 4.88. The molecule has 0 saturated carbocycles. The molecule has 0 unspecified atom stereocenters. The Morgan fingerprint density at radius 3 is 2.47 bits per heavy atom. The maximum absolute atomic E-state index is 12.3. The number of anilines is 1. The first kappa shape index (κ1) is 22.3. The lowest BCUT2D eigenvalue weighted by Gasteiger charge is -2.10. The van der Waals surface area contributed by atoms with Crippen molar-refractivity contribution >= 4 is 63.2 Å². The summed E-state index contributed by atoms with van der Waals surface area (Å²) in [7, 11) is 0. The molecule has 8 heteroatoms. The summed E-state index contributed by atoms with van der Waals surface area (Å²) in [6.45, 7) is 2.11. The van der Waals surface area contributed by atoms with Gasteiger partial charge < -0.3 is 9.73 Å². The third kappa shape index (κ3) is 5.27. The first-order valence-corrected chi connectivity index (χ1v) is 11.1. The predicted octanol–water partition coefficient (Wildman–Crippen LogP) is 6.41. The summed E-state index contributed by atoms with van der Waals surface area (Å²) in [5.74, 6) is 0.290. The molecule has 1 amide bonds. The van der Waals surface area contributed by atoms with Gasteiger partial charge in [-0.25, -0.2) is 4.98 Å². The minimum absolute atomic E-state index is 0.180. The molecule has 1 aromatic heterocycles. The molecular formula is C24H19Cl2N3O2S. The second-order valence-corrected chi connectivity index (χ2v) is 8.40. The van der Waals surface area contributed by atoms with Gasteiger partial charge in [-0.2, -0.15) is 0 Å². The molecule has 0 fully saturated rings. The van der Waals surface area contributed by atoms with Crippen LogP contribution in [0.4, 0.5) is 5.69 Å². The molecule has 0 saturated heterocycles. The van der Waals surface area contributed by atoms with Crippen molar-refractivity contribution in [2.45, 2.75) is 19.8 Å². The summed E-state index contributed by atoms with van der Waals surface area (Å²) in [5, 5.41) is 6.49. The highest BCUT2D eigenvalue weighted by Crippen LogP contribution is 2.23. The highest BCUT2D eigenvalue weighted by atomic mass is 35.5. The van der Waals surface area contributed by atoms with Crippen LogP contribution in [0.3, 0.4) is 0 Å². The van der Waals surface area contributed by atoms with Gasteiger partial charge in [0.1, 0.15) is 5.52 Å². The smallest absolute Gasteiger partial charge is 0.257 e. The molecule has 0 aliphatic carbocycles. The lowest BCUT2D eigenvalue weighted by atomic mass is 10.1. The van der Waals surface area contributed by atoms with E-state index < -0.39 is 0 Å². The number of amides is 1. The summed E-state index contributed by atoms with van der Waals surface area (Å²) in [6.07, 6.45) is 1.54. The standard InChI is InChI=1S/C24H19Cl2N3O2S/c1-2-14-5-10-21-20(11-14)28-22(31-21)12-15-3-7-17(8-4-15)27-24(32)29-23(30)16-6-9-18(25)19(26)13-16/h3-11,13H,2,12H2,1H3,(H2,27,29,30,32). The minimum atomic E-state index is -0.375. The number of nitrogens with zero attached hydrogens (tertiary/aromatic N) is 1. The Balaban J connectivity index is 1.36. The number of carbonyl (C=O) groups is 1. The van der Waals surface area contributed by atoms with Gasteiger partial charge in [0.05, 0.1) is 10.0 Å². The average Bonchev–Trinajstić information content (AvgIpc) is 3.18. The van der Waals surface area contributed by atoms with Crippen molar-refractivity contribution in [3.05, 3.63) is 93.3 Å². The average molecular weight is 484 g/mol. The van der Waals surface area contributed by atoms with Crippen molar-refractivity contribution in [2.24, 2.45) is 0 Å². The highest BCUT2D eigenvalue weighted by molar-refractivity contribution is 7.80. The normalized spacial score (nSPS) is 10.8. The van der Waals surface area contributed by atoms with Crippen LogP contribution in [0.2, 0.25) is 10.0 Å². The summed E-state index contributed by atoms with van der Waals surface area (Å²) in [6, 6.07) is 18.4. The van der Waals surface area contributed by atoms with Gasteiger partial charge in [0.15, 0.2) is 16.6 Å². The van der Waals surface area contributed by atoms with E-state index in [0.29, 0.717) is 27.9 Å². The number of thiocarbonyl (C=S) groups is 1. The molecule has 0 bridgehead atoms. The Hall–Kier alpha value is -2.93. The second kappa shape index (κ2) is 9.69. The molecule has 5 nitrogen and oxygen atoms in total. The van der Waals surface area contributed by atoms with Gasteiger partial charge in [-0.3, -0.25) is 10.1 Å². The van der Waals surface area contributed by atoms with Crippen LogP contribution in [0.25, 0.3) is 11.1 Å². The molecule has 0 atom stereocenters. The SMILES string of the molecule is CCc1ccc2oc(Cc3ccc(NC(=S)NC(=O)c4ccc(Cl)c(Cl)c4)cc3)nc2c1. The van der Waals surface area contributed by atoms with E-state index in [2.05, 4.69) is 34.7 Å². The number of hydrogen-bond donors (Lipinski definition) is 2. The molecule has 2 N–H and O–H groups in total. The summed E-state index contributed by atoms with van der Waals surface area (Å²) in [4.78, 5) is 16.9. The molecular weight excluding hydrogens is 465 g/mol. The Morgan fingerprint density at radius 1 is 1.00 bits per heavy atom. The first-order valence-electron chi connectivity index (χ1n) is 9.96. The highest BCUT2D eigenvalue weighted by Gasteiger charge is 2.11. The monoisotopic (exact) mass is 483 g/mol. The van der Waals surface area contributed by atoms with E-state index in [1.807, 2.05) is 30.3 Å². The zero-order valence-electron chi connectivity index (χ0n) is 17.1. The maximum Gasteiger partial charge on any atom is 0.257 e. The number of benzene rings is 3. The van der Waals surface area contributed by atoms with Gasteiger partial charge in [0, 0.05) is 17.7 Å². The Labute approximate surface area is 200 Å². The van der Waals surface area contributed by atoms with Gasteiger partial charge in [0.25, 0.3) is 5.91 Å². The fourth-order valence-electron chi connectivity index (χ4n) is 3.17. The first-order chi connectivity index (χ1) is 15.4. The number of aryl methyl sites for hydroxylation is 1. The molecule has 1 heterocycles. The number of fused-ring (bicyclic) bond motifs is 1. The van der Waals surface area contributed by atoms with Crippen molar-refractivity contribution in [3.63, 3.8) is 0 Å². The van der Waals surface area contributed by atoms with Crippen LogP contribution in [-0.4, -0.2) is 16.0 Å². The van der Waals surface area contributed by atoms with Gasteiger partial charge in [0.2, 0.25) is 0 Å². The van der Waals surface area contributed by atoms with Crippen LogP contribution in [0.5, 0.6) is 0 Å². The van der Waals surface area contributed by atoms with E-state index in [0.717, 1.165) is 28.8 Å². The van der Waals surface area contributed by atoms with Gasteiger partial charge in [-0.1, -0.05) is 48.3 Å². The summed E-state index contributed by atoms with van der Waals surface area (Å²) in [5.41, 5.74) is 5.06. The van der Waals surface area contributed by atoms with Crippen molar-refractivity contribution in [1.82, 2.24) is 10.3 Å². The molecule has 3 aromatic carbocycles. The number of nitrogens with one attached hydrogen (secondary N) is 2. The van der Waals surface area contributed by atoms with E-state index in [9.17, 15) is 4.79 Å². The van der Waals surface area contributed by atoms with E-state index >= 15 is 0 Å². The van der Waals surface area contributed by atoms with E-state index in [4.69, 9.17) is 39.8 Å². The lowest BCUT2D eigenvalue weighted by molar-refractivity contribution is 0.0977. The van der Waals surface area contributed by atoms with Crippen molar-refractivity contribution in [2.75, 3.05) is 5.32 Å². The number of carbonyl (C=O) groups excluding carboxylic acids is 1. The van der Waals surface area contributed by atoms with Crippen LogP contribution in [0.15, 0.2) is 65.1 Å². The molecule has 0 radical (unpaired) electrons. The minimum Gasteiger partial charge on any atom is -0.440 e. The number of rotatable bonds is 5. The van der Waals surface area contributed by atoms with Crippen LogP contribution in [-0.2, 0) is 12.8 Å². The van der Waals surface area contributed by atoms with Crippen LogP contribution >= 0.6 is 35.4 Å². The maximum atomic E-state index is 12.3. The Kier molecular flexibility index (Phi) is 6.74. The van der Waals surface area contributed by atoms with Crippen molar-refractivity contribution in [3.8, 4) is 0 Å². The molecule has 32 heavy (non-hydrogen) atoms. The largest absolute Gasteiger partial charge is 0.440 e. The zero-order valence-corrected chi connectivity index (χ0v) is 19.4. The van der Waals surface area contributed by atoms with E-state index in [1.165, 1.54) is 11.6 Å². The van der Waals surface area contributed by atoms with Crippen LogP contribution in [0, 0.1) is 0 Å². The zero-order chi connectivity index (χ0) is 22.7. The molecule has 0 aliphatic rings. The molecule has 0 spiro atoms. The topological polar surface area (TPSA) is 67.2 Å². The number of halogens is 2.